The third kappa shape index (κ3) is 4.45. The Morgan fingerprint density at radius 3 is 2.45 bits per heavy atom. The maximum atomic E-state index is 13.1. The molecule has 3 fully saturated rings. The lowest BCUT2D eigenvalue weighted by Gasteiger charge is -2.63. The Hall–Kier alpha value is -2.45. The normalized spacial score (nSPS) is 23.2. The highest BCUT2D eigenvalue weighted by Gasteiger charge is 2.56. The highest BCUT2D eigenvalue weighted by molar-refractivity contribution is 5.94. The Morgan fingerprint density at radius 1 is 1.10 bits per heavy atom. The van der Waals surface area contributed by atoms with Crippen LogP contribution in [0.2, 0.25) is 0 Å². The molecule has 0 bridgehead atoms. The summed E-state index contributed by atoms with van der Waals surface area (Å²) in [4.78, 5) is 43.2. The Kier molecular flexibility index (Phi) is 5.79. The van der Waals surface area contributed by atoms with Gasteiger partial charge in [-0.05, 0) is 17.5 Å². The first-order valence-corrected chi connectivity index (χ1v) is 10.9. The summed E-state index contributed by atoms with van der Waals surface area (Å²) in [5.74, 6) is -0.901. The van der Waals surface area contributed by atoms with Crippen LogP contribution in [0.15, 0.2) is 30.3 Å². The number of carbonyl (C=O) groups excluding carboxylic acids is 2. The van der Waals surface area contributed by atoms with Crippen LogP contribution in [0.25, 0.3) is 0 Å². The maximum absolute atomic E-state index is 13.1. The zero-order valence-electron chi connectivity index (χ0n) is 18.2. The predicted octanol–water partition coefficient (Wildman–Crippen LogP) is 1.32. The molecule has 3 saturated heterocycles. The third-order valence-electron chi connectivity index (χ3n) is 6.64. The van der Waals surface area contributed by atoms with Crippen molar-refractivity contribution in [3.8, 4) is 0 Å². The van der Waals surface area contributed by atoms with Crippen LogP contribution in [0.5, 0.6) is 0 Å². The second-order valence-corrected chi connectivity index (χ2v) is 9.86. The first-order chi connectivity index (χ1) is 14.7. The number of carboxylic acid groups (broad SMARTS) is 1. The summed E-state index contributed by atoms with van der Waals surface area (Å²) in [7, 11) is 0. The molecule has 0 radical (unpaired) electrons. The number of rotatable bonds is 5. The number of piperazine rings is 1. The second-order valence-electron chi connectivity index (χ2n) is 9.86. The van der Waals surface area contributed by atoms with Crippen molar-refractivity contribution < 1.29 is 24.2 Å². The average Bonchev–Trinajstić information content (AvgIpc) is 2.69. The Bertz CT molecular complexity index is 850. The first-order valence-electron chi connectivity index (χ1n) is 10.9. The Balaban J connectivity index is 1.47. The lowest BCUT2D eigenvalue weighted by Crippen LogP contribution is -2.81. The highest BCUT2D eigenvalue weighted by atomic mass is 16.5. The number of fused-ring (bicyclic) bond motifs is 2. The van der Waals surface area contributed by atoms with E-state index in [2.05, 4.69) is 4.90 Å². The minimum absolute atomic E-state index is 0.0116. The van der Waals surface area contributed by atoms with Gasteiger partial charge in [0.1, 0.15) is 0 Å². The van der Waals surface area contributed by atoms with Crippen LogP contribution in [0.3, 0.4) is 0 Å². The van der Waals surface area contributed by atoms with E-state index in [1.165, 1.54) is 0 Å². The maximum Gasteiger partial charge on any atom is 0.303 e. The molecule has 168 valence electrons. The molecule has 0 aliphatic carbocycles. The smallest absolute Gasteiger partial charge is 0.303 e. The summed E-state index contributed by atoms with van der Waals surface area (Å²) in [5, 5.41) is 9.09. The summed E-state index contributed by atoms with van der Waals surface area (Å²) < 4.78 is 5.70. The van der Waals surface area contributed by atoms with E-state index in [9.17, 15) is 14.4 Å². The Morgan fingerprint density at radius 2 is 1.77 bits per heavy atom. The molecule has 8 nitrogen and oxygen atoms in total. The molecule has 4 rings (SSSR count). The van der Waals surface area contributed by atoms with Crippen LogP contribution in [-0.2, 0) is 14.3 Å². The fourth-order valence-corrected chi connectivity index (χ4v) is 5.23. The van der Waals surface area contributed by atoms with Gasteiger partial charge in [-0.15, -0.1) is 0 Å². The van der Waals surface area contributed by atoms with E-state index in [-0.39, 0.29) is 36.2 Å². The second kappa shape index (κ2) is 8.24. The van der Waals surface area contributed by atoms with Gasteiger partial charge in [-0.1, -0.05) is 32.0 Å². The topological polar surface area (TPSA) is 90.4 Å². The number of morpholine rings is 1. The van der Waals surface area contributed by atoms with Crippen LogP contribution < -0.4 is 0 Å². The number of carbonyl (C=O) groups is 3. The van der Waals surface area contributed by atoms with Gasteiger partial charge in [0.15, 0.2) is 0 Å². The standard InChI is InChI=1S/C23H31N3O5/c1-22(2,11-20(28)29)10-19(27)25-15-23(16-25)14-24(12-18-13-31-9-8-26(18)23)21(30)17-6-4-3-5-7-17/h3-7,18H,8-16H2,1-2H3,(H,28,29). The average molecular weight is 430 g/mol. The van der Waals surface area contributed by atoms with Gasteiger partial charge in [0, 0.05) is 44.7 Å². The van der Waals surface area contributed by atoms with Crippen molar-refractivity contribution in [1.82, 2.24) is 14.7 Å². The summed E-state index contributed by atoms with van der Waals surface area (Å²) in [6.45, 7) is 7.98. The van der Waals surface area contributed by atoms with E-state index in [1.807, 2.05) is 54.0 Å². The van der Waals surface area contributed by atoms with Gasteiger partial charge < -0.3 is 19.6 Å². The van der Waals surface area contributed by atoms with E-state index >= 15 is 0 Å². The van der Waals surface area contributed by atoms with Crippen molar-refractivity contribution in [2.75, 3.05) is 45.9 Å². The number of hydrogen-bond donors (Lipinski definition) is 1. The largest absolute Gasteiger partial charge is 0.481 e. The zero-order chi connectivity index (χ0) is 22.2. The number of amides is 2. The lowest BCUT2D eigenvalue weighted by molar-refractivity contribution is -0.174. The third-order valence-corrected chi connectivity index (χ3v) is 6.64. The molecule has 8 heteroatoms. The summed E-state index contributed by atoms with van der Waals surface area (Å²) >= 11 is 0. The molecule has 1 unspecified atom stereocenters. The van der Waals surface area contributed by atoms with Gasteiger partial charge in [0.25, 0.3) is 5.91 Å². The number of carboxylic acids is 1. The van der Waals surface area contributed by atoms with Crippen LogP contribution in [0, 0.1) is 5.41 Å². The van der Waals surface area contributed by atoms with E-state index < -0.39 is 11.4 Å². The van der Waals surface area contributed by atoms with Crippen molar-refractivity contribution in [2.24, 2.45) is 5.41 Å². The van der Waals surface area contributed by atoms with Gasteiger partial charge in [-0.25, -0.2) is 0 Å². The van der Waals surface area contributed by atoms with E-state index in [0.717, 1.165) is 6.54 Å². The van der Waals surface area contributed by atoms with Gasteiger partial charge in [0.05, 0.1) is 31.2 Å². The van der Waals surface area contributed by atoms with Crippen LogP contribution in [0.1, 0.15) is 37.0 Å². The molecule has 31 heavy (non-hydrogen) atoms. The molecule has 1 N–H and O–H groups in total. The number of ether oxygens (including phenoxy) is 1. The molecule has 1 aromatic rings. The fourth-order valence-electron chi connectivity index (χ4n) is 5.23. The minimum atomic E-state index is -0.892. The molecule has 3 heterocycles. The van der Waals surface area contributed by atoms with Crippen molar-refractivity contribution in [3.63, 3.8) is 0 Å². The number of hydrogen-bond acceptors (Lipinski definition) is 5. The minimum Gasteiger partial charge on any atom is -0.481 e. The van der Waals surface area contributed by atoms with Gasteiger partial charge >= 0.3 is 5.97 Å². The molecule has 0 aromatic heterocycles. The molecule has 3 aliphatic rings. The number of likely N-dealkylation sites (tertiary alicyclic amines) is 1. The molecular formula is C23H31N3O5. The predicted molar refractivity (Wildman–Crippen MR) is 114 cm³/mol. The molecule has 2 amide bonds. The fraction of sp³-hybridized carbons (Fsp3) is 0.609. The van der Waals surface area contributed by atoms with Crippen molar-refractivity contribution in [3.05, 3.63) is 35.9 Å². The summed E-state index contributed by atoms with van der Waals surface area (Å²) in [6.07, 6.45) is 0.164. The van der Waals surface area contributed by atoms with Crippen molar-refractivity contribution in [2.45, 2.75) is 38.3 Å². The molecule has 3 aliphatic heterocycles. The number of aliphatic carboxylic acids is 1. The molecule has 1 aromatic carbocycles. The van der Waals surface area contributed by atoms with E-state index in [1.54, 1.807) is 0 Å². The van der Waals surface area contributed by atoms with E-state index in [0.29, 0.717) is 45.0 Å². The number of nitrogens with zero attached hydrogens (tertiary/aromatic N) is 3. The molecule has 1 atom stereocenters. The van der Waals surface area contributed by atoms with Crippen LogP contribution in [-0.4, -0.2) is 95.1 Å². The van der Waals surface area contributed by atoms with Crippen LogP contribution >= 0.6 is 0 Å². The SMILES string of the molecule is CC(C)(CC(=O)O)CC(=O)N1CC2(C1)CN(C(=O)c1ccccc1)CC1COCCN12. The van der Waals surface area contributed by atoms with Crippen molar-refractivity contribution in [1.29, 1.82) is 0 Å². The monoisotopic (exact) mass is 429 g/mol. The Labute approximate surface area is 182 Å². The molecular weight excluding hydrogens is 398 g/mol. The lowest BCUT2D eigenvalue weighted by atomic mass is 9.80. The summed E-state index contributed by atoms with van der Waals surface area (Å²) in [5.41, 5.74) is -0.177. The van der Waals surface area contributed by atoms with E-state index in [4.69, 9.17) is 9.84 Å². The number of benzene rings is 1. The summed E-state index contributed by atoms with van der Waals surface area (Å²) in [6, 6.07) is 9.42. The van der Waals surface area contributed by atoms with Gasteiger partial charge in [-0.2, -0.15) is 0 Å². The van der Waals surface area contributed by atoms with Gasteiger partial charge in [0.2, 0.25) is 5.91 Å². The van der Waals surface area contributed by atoms with Gasteiger partial charge in [-0.3, -0.25) is 19.3 Å². The highest BCUT2D eigenvalue weighted by Crippen LogP contribution is 2.37. The van der Waals surface area contributed by atoms with Crippen molar-refractivity contribution >= 4 is 17.8 Å². The molecule has 0 saturated carbocycles. The quantitative estimate of drug-likeness (QED) is 0.759. The van der Waals surface area contributed by atoms with Crippen LogP contribution in [0.4, 0.5) is 0 Å². The zero-order valence-corrected chi connectivity index (χ0v) is 18.2. The molecule has 1 spiro atoms. The first kappa shape index (κ1) is 21.8.